The van der Waals surface area contributed by atoms with Crippen molar-refractivity contribution in [3.63, 3.8) is 0 Å². The number of nitrogens with zero attached hydrogens (tertiary/aromatic N) is 2. The molecule has 0 saturated heterocycles. The average Bonchev–Trinajstić information content (AvgIpc) is 2.34. The molecule has 0 saturated carbocycles. The largest absolute Gasteiger partial charge is 0.508 e. The molecule has 0 spiro atoms. The first-order chi connectivity index (χ1) is 8.65. The average molecular weight is 264 g/mol. The van der Waals surface area contributed by atoms with E-state index in [1.807, 2.05) is 13.0 Å². The summed E-state index contributed by atoms with van der Waals surface area (Å²) in [6, 6.07) is 6.86. The van der Waals surface area contributed by atoms with E-state index in [0.29, 0.717) is 18.1 Å². The maximum atomic E-state index is 9.65. The Morgan fingerprint density at radius 2 is 2.11 bits per heavy atom. The van der Waals surface area contributed by atoms with E-state index in [4.69, 9.17) is 11.6 Å². The Kier molecular flexibility index (Phi) is 4.12. The molecule has 0 fully saturated rings. The van der Waals surface area contributed by atoms with Gasteiger partial charge in [-0.2, -0.15) is 0 Å². The molecule has 0 aliphatic rings. The SMILES string of the molecule is Cc1nccc(CNCc2cc(Cl)ccc2O)n1. The lowest BCUT2D eigenvalue weighted by atomic mass is 10.2. The Labute approximate surface area is 111 Å². The minimum absolute atomic E-state index is 0.241. The predicted molar refractivity (Wildman–Crippen MR) is 70.4 cm³/mol. The van der Waals surface area contributed by atoms with Crippen LogP contribution < -0.4 is 5.32 Å². The van der Waals surface area contributed by atoms with Gasteiger partial charge in [-0.1, -0.05) is 11.6 Å². The minimum Gasteiger partial charge on any atom is -0.508 e. The summed E-state index contributed by atoms with van der Waals surface area (Å²) in [5.41, 5.74) is 1.69. The summed E-state index contributed by atoms with van der Waals surface area (Å²) in [5, 5.41) is 13.5. The summed E-state index contributed by atoms with van der Waals surface area (Å²) in [7, 11) is 0. The first-order valence-electron chi connectivity index (χ1n) is 5.62. The predicted octanol–water partition coefficient (Wildman–Crippen LogP) is 2.43. The normalized spacial score (nSPS) is 10.6. The number of phenols is 1. The smallest absolute Gasteiger partial charge is 0.125 e. The molecule has 0 aliphatic heterocycles. The van der Waals surface area contributed by atoms with Crippen LogP contribution in [0.15, 0.2) is 30.5 Å². The molecule has 0 amide bonds. The molecule has 0 atom stereocenters. The van der Waals surface area contributed by atoms with E-state index in [-0.39, 0.29) is 5.75 Å². The first kappa shape index (κ1) is 12.8. The van der Waals surface area contributed by atoms with Crippen molar-refractivity contribution in [2.24, 2.45) is 0 Å². The number of aromatic hydroxyl groups is 1. The van der Waals surface area contributed by atoms with Crippen molar-refractivity contribution in [3.05, 3.63) is 52.6 Å². The van der Waals surface area contributed by atoms with Gasteiger partial charge >= 0.3 is 0 Å². The molecule has 5 heteroatoms. The zero-order valence-electron chi connectivity index (χ0n) is 10.0. The highest BCUT2D eigenvalue weighted by Crippen LogP contribution is 2.21. The standard InChI is InChI=1S/C13H14ClN3O/c1-9-16-5-4-12(17-9)8-15-7-10-6-11(14)2-3-13(10)18/h2-6,15,18H,7-8H2,1H3. The van der Waals surface area contributed by atoms with Gasteiger partial charge in [0.05, 0.1) is 5.69 Å². The molecule has 0 bridgehead atoms. The topological polar surface area (TPSA) is 58.0 Å². The van der Waals surface area contributed by atoms with Crippen molar-refractivity contribution in [1.82, 2.24) is 15.3 Å². The summed E-state index contributed by atoms with van der Waals surface area (Å²) < 4.78 is 0. The molecular weight excluding hydrogens is 250 g/mol. The minimum atomic E-state index is 0.241. The van der Waals surface area contributed by atoms with Gasteiger partial charge in [-0.3, -0.25) is 0 Å². The van der Waals surface area contributed by atoms with E-state index in [1.165, 1.54) is 0 Å². The highest BCUT2D eigenvalue weighted by molar-refractivity contribution is 6.30. The van der Waals surface area contributed by atoms with E-state index >= 15 is 0 Å². The summed E-state index contributed by atoms with van der Waals surface area (Å²) in [5.74, 6) is 0.991. The van der Waals surface area contributed by atoms with Crippen molar-refractivity contribution in [3.8, 4) is 5.75 Å². The fraction of sp³-hybridized carbons (Fsp3) is 0.231. The van der Waals surface area contributed by atoms with Crippen LogP contribution in [0.5, 0.6) is 5.75 Å². The molecule has 2 rings (SSSR count). The fourth-order valence-corrected chi connectivity index (χ4v) is 1.82. The molecule has 1 heterocycles. The van der Waals surface area contributed by atoms with Crippen molar-refractivity contribution in [1.29, 1.82) is 0 Å². The van der Waals surface area contributed by atoms with Gasteiger partial charge in [0.15, 0.2) is 0 Å². The van der Waals surface area contributed by atoms with Gasteiger partial charge in [-0.25, -0.2) is 9.97 Å². The zero-order chi connectivity index (χ0) is 13.0. The van der Waals surface area contributed by atoms with Gasteiger partial charge in [0.2, 0.25) is 0 Å². The van der Waals surface area contributed by atoms with Crippen molar-refractivity contribution in [2.75, 3.05) is 0 Å². The summed E-state index contributed by atoms with van der Waals surface area (Å²) in [6.07, 6.45) is 1.73. The van der Waals surface area contributed by atoms with Crippen LogP contribution in [0, 0.1) is 6.92 Å². The molecule has 2 aromatic rings. The van der Waals surface area contributed by atoms with E-state index in [9.17, 15) is 5.11 Å². The van der Waals surface area contributed by atoms with Crippen LogP contribution in [0.25, 0.3) is 0 Å². The number of halogens is 1. The zero-order valence-corrected chi connectivity index (χ0v) is 10.8. The van der Waals surface area contributed by atoms with Crippen LogP contribution in [0.1, 0.15) is 17.1 Å². The van der Waals surface area contributed by atoms with Crippen LogP contribution in [0.4, 0.5) is 0 Å². The van der Waals surface area contributed by atoms with E-state index < -0.39 is 0 Å². The second-order valence-electron chi connectivity index (χ2n) is 3.97. The number of phenolic OH excluding ortho intramolecular Hbond substituents is 1. The molecule has 4 nitrogen and oxygen atoms in total. The second-order valence-corrected chi connectivity index (χ2v) is 4.41. The maximum Gasteiger partial charge on any atom is 0.125 e. The van der Waals surface area contributed by atoms with Crippen molar-refractivity contribution in [2.45, 2.75) is 20.0 Å². The van der Waals surface area contributed by atoms with Crippen LogP contribution in [-0.4, -0.2) is 15.1 Å². The van der Waals surface area contributed by atoms with Crippen LogP contribution >= 0.6 is 11.6 Å². The molecule has 0 aliphatic carbocycles. The van der Waals surface area contributed by atoms with Crippen LogP contribution in [0.3, 0.4) is 0 Å². The molecule has 0 unspecified atom stereocenters. The molecule has 2 N–H and O–H groups in total. The monoisotopic (exact) mass is 263 g/mol. The molecular formula is C13H14ClN3O. The van der Waals surface area contributed by atoms with Gasteiger partial charge in [0.1, 0.15) is 11.6 Å². The quantitative estimate of drug-likeness (QED) is 0.890. The Morgan fingerprint density at radius 1 is 1.28 bits per heavy atom. The summed E-state index contributed by atoms with van der Waals surface area (Å²) >= 11 is 5.87. The molecule has 94 valence electrons. The highest BCUT2D eigenvalue weighted by Gasteiger charge is 2.02. The van der Waals surface area contributed by atoms with Gasteiger partial charge in [-0.05, 0) is 31.2 Å². The van der Waals surface area contributed by atoms with Gasteiger partial charge in [-0.15, -0.1) is 0 Å². The van der Waals surface area contributed by atoms with E-state index in [1.54, 1.807) is 24.4 Å². The maximum absolute atomic E-state index is 9.65. The number of hydrogen-bond donors (Lipinski definition) is 2. The third kappa shape index (κ3) is 3.42. The van der Waals surface area contributed by atoms with E-state index in [2.05, 4.69) is 15.3 Å². The number of benzene rings is 1. The first-order valence-corrected chi connectivity index (χ1v) is 5.99. The second kappa shape index (κ2) is 5.80. The Hall–Kier alpha value is -1.65. The summed E-state index contributed by atoms with van der Waals surface area (Å²) in [6.45, 7) is 3.01. The van der Waals surface area contributed by atoms with Crippen molar-refractivity contribution >= 4 is 11.6 Å². The number of aromatic nitrogens is 2. The number of rotatable bonds is 4. The lowest BCUT2D eigenvalue weighted by molar-refractivity contribution is 0.464. The summed E-state index contributed by atoms with van der Waals surface area (Å²) in [4.78, 5) is 8.32. The highest BCUT2D eigenvalue weighted by atomic mass is 35.5. The molecule has 0 radical (unpaired) electrons. The van der Waals surface area contributed by atoms with Crippen LogP contribution in [0.2, 0.25) is 5.02 Å². The Morgan fingerprint density at radius 3 is 2.89 bits per heavy atom. The lowest BCUT2D eigenvalue weighted by Gasteiger charge is -2.07. The Bertz CT molecular complexity index is 546. The van der Waals surface area contributed by atoms with Gasteiger partial charge in [0.25, 0.3) is 0 Å². The number of nitrogens with one attached hydrogen (secondary N) is 1. The third-order valence-electron chi connectivity index (χ3n) is 2.50. The van der Waals surface area contributed by atoms with E-state index in [0.717, 1.165) is 17.1 Å². The van der Waals surface area contributed by atoms with Crippen molar-refractivity contribution < 1.29 is 5.11 Å². The molecule has 1 aromatic heterocycles. The number of aryl methyl sites for hydroxylation is 1. The molecule has 1 aromatic carbocycles. The number of hydrogen-bond acceptors (Lipinski definition) is 4. The molecule has 18 heavy (non-hydrogen) atoms. The van der Waals surface area contributed by atoms with Crippen LogP contribution in [-0.2, 0) is 13.1 Å². The van der Waals surface area contributed by atoms with Gasteiger partial charge in [0, 0.05) is 29.9 Å². The third-order valence-corrected chi connectivity index (χ3v) is 2.73. The Balaban J connectivity index is 1.94. The lowest BCUT2D eigenvalue weighted by Crippen LogP contribution is -2.14. The van der Waals surface area contributed by atoms with Gasteiger partial charge < -0.3 is 10.4 Å². The fourth-order valence-electron chi connectivity index (χ4n) is 1.62.